The maximum Gasteiger partial charge on any atom is 0.107 e. The van der Waals surface area contributed by atoms with Gasteiger partial charge >= 0.3 is 0 Å². The molecule has 0 saturated heterocycles. The second-order valence-corrected chi connectivity index (χ2v) is 6.19. The molecule has 0 saturated carbocycles. The van der Waals surface area contributed by atoms with E-state index in [9.17, 15) is 0 Å². The van der Waals surface area contributed by atoms with Crippen molar-refractivity contribution in [2.24, 2.45) is 0 Å². The van der Waals surface area contributed by atoms with Crippen LogP contribution in [0.4, 0.5) is 0 Å². The van der Waals surface area contributed by atoms with E-state index in [0.717, 1.165) is 0 Å². The van der Waals surface area contributed by atoms with Crippen LogP contribution in [-0.2, 0) is 10.9 Å². The van der Waals surface area contributed by atoms with Crippen LogP contribution < -0.4 is 0 Å². The summed E-state index contributed by atoms with van der Waals surface area (Å²) in [6.45, 7) is 2.28. The number of rotatable bonds is 8. The van der Waals surface area contributed by atoms with Crippen molar-refractivity contribution in [1.29, 1.82) is 0 Å². The molecule has 0 aromatic rings. The fourth-order valence-corrected chi connectivity index (χ4v) is 2.13. The van der Waals surface area contributed by atoms with Gasteiger partial charge in [-0.15, -0.1) is 0 Å². The molecule has 0 aliphatic rings. The zero-order valence-corrected chi connectivity index (χ0v) is 9.88. The molecule has 74 valence electrons. The van der Waals surface area contributed by atoms with Gasteiger partial charge in [-0.1, -0.05) is 39.0 Å². The minimum atomic E-state index is 0.676. The molecule has 0 aliphatic carbocycles. The average molecular weight is 189 g/mol. The van der Waals surface area contributed by atoms with Gasteiger partial charge in [-0.05, 0) is 23.7 Å². The van der Waals surface area contributed by atoms with Crippen molar-refractivity contribution in [2.45, 2.75) is 51.9 Å². The molecule has 0 atom stereocenters. The normalized spacial score (nSPS) is 11.0. The quantitative estimate of drug-likeness (QED) is 0.404. The van der Waals surface area contributed by atoms with Crippen LogP contribution in [0.1, 0.15) is 51.9 Å². The molecular weight excluding hydrogens is 164 g/mol. The van der Waals surface area contributed by atoms with E-state index in [2.05, 4.69) is 19.4 Å². The van der Waals surface area contributed by atoms with Gasteiger partial charge in [-0.2, -0.15) is 0 Å². The lowest BCUT2D eigenvalue weighted by Gasteiger charge is -1.99. The number of hydrogen-bond donors (Lipinski definition) is 0. The van der Waals surface area contributed by atoms with Crippen LogP contribution in [0, 0.1) is 0 Å². The molecule has 0 rings (SSSR count). The van der Waals surface area contributed by atoms with Crippen LogP contribution in [-0.4, -0.2) is 18.3 Å². The highest BCUT2D eigenvalue weighted by atomic mass is 32.2. The Labute approximate surface area is 81.5 Å². The first-order valence-corrected chi connectivity index (χ1v) is 7.52. The van der Waals surface area contributed by atoms with Crippen molar-refractivity contribution in [1.82, 2.24) is 0 Å². The monoisotopic (exact) mass is 189 g/mol. The molecule has 0 unspecified atom stereocenters. The fourth-order valence-electron chi connectivity index (χ4n) is 1.35. The summed E-state index contributed by atoms with van der Waals surface area (Å²) in [5, 5.41) is 0. The minimum absolute atomic E-state index is 0.676. The largest absolute Gasteiger partial charge is 0.107 e. The Balaban J connectivity index is 2.82. The van der Waals surface area contributed by atoms with Gasteiger partial charge in [-0.3, -0.25) is 0 Å². The summed E-state index contributed by atoms with van der Waals surface area (Å²) >= 11 is 0. The van der Waals surface area contributed by atoms with Crippen LogP contribution in [0.3, 0.4) is 0 Å². The maximum atomic E-state index is 2.34. The van der Waals surface area contributed by atoms with E-state index in [1.54, 1.807) is 0 Å². The van der Waals surface area contributed by atoms with E-state index in [0.29, 0.717) is 10.9 Å². The van der Waals surface area contributed by atoms with Crippen molar-refractivity contribution >= 4 is 10.9 Å². The summed E-state index contributed by atoms with van der Waals surface area (Å²) < 4.78 is 0. The Kier molecular flexibility index (Phi) is 9.71. The minimum Gasteiger partial charge on any atom is -0.0654 e. The molecule has 0 spiro atoms. The van der Waals surface area contributed by atoms with Gasteiger partial charge in [0, 0.05) is 0 Å². The van der Waals surface area contributed by atoms with Gasteiger partial charge in [-0.25, -0.2) is 0 Å². The second kappa shape index (κ2) is 9.44. The SMILES string of the molecule is CCCCCCCCC[S+](C)C. The zero-order valence-electron chi connectivity index (χ0n) is 9.07. The highest BCUT2D eigenvalue weighted by Gasteiger charge is 2.00. The van der Waals surface area contributed by atoms with Crippen LogP contribution >= 0.6 is 0 Å². The predicted octanol–water partition coefficient (Wildman–Crippen LogP) is 3.61. The van der Waals surface area contributed by atoms with Crippen molar-refractivity contribution in [3.63, 3.8) is 0 Å². The smallest absolute Gasteiger partial charge is 0.0654 e. The molecule has 0 N–H and O–H groups in total. The Morgan fingerprint density at radius 1 is 0.750 bits per heavy atom. The molecule has 0 radical (unpaired) electrons. The van der Waals surface area contributed by atoms with Crippen LogP contribution in [0.25, 0.3) is 0 Å². The van der Waals surface area contributed by atoms with Crippen molar-refractivity contribution < 1.29 is 0 Å². The third kappa shape index (κ3) is 10.3. The standard InChI is InChI=1S/C11H25S/c1-4-5-6-7-8-9-10-11-12(2)3/h4-11H2,1-3H3/q+1. The predicted molar refractivity (Wildman–Crippen MR) is 62.1 cm³/mol. The molecule has 0 aliphatic heterocycles. The van der Waals surface area contributed by atoms with E-state index in [1.165, 1.54) is 50.7 Å². The Morgan fingerprint density at radius 3 is 1.75 bits per heavy atom. The molecule has 0 aromatic heterocycles. The molecule has 12 heavy (non-hydrogen) atoms. The lowest BCUT2D eigenvalue weighted by molar-refractivity contribution is 0.603. The van der Waals surface area contributed by atoms with Crippen LogP contribution in [0.2, 0.25) is 0 Å². The van der Waals surface area contributed by atoms with Gasteiger partial charge in [0.25, 0.3) is 0 Å². The summed E-state index contributed by atoms with van der Waals surface area (Å²) in [7, 11) is 0.676. The summed E-state index contributed by atoms with van der Waals surface area (Å²) in [5.74, 6) is 1.45. The Morgan fingerprint density at radius 2 is 1.25 bits per heavy atom. The number of hydrogen-bond acceptors (Lipinski definition) is 0. The first-order valence-electron chi connectivity index (χ1n) is 5.31. The van der Waals surface area contributed by atoms with E-state index in [1.807, 2.05) is 0 Å². The fraction of sp³-hybridized carbons (Fsp3) is 1.00. The lowest BCUT2D eigenvalue weighted by Crippen LogP contribution is -2.00. The molecule has 0 heterocycles. The number of unbranched alkanes of at least 4 members (excludes halogenated alkanes) is 6. The van der Waals surface area contributed by atoms with Gasteiger partial charge in [0.2, 0.25) is 0 Å². The molecule has 0 fully saturated rings. The van der Waals surface area contributed by atoms with Crippen molar-refractivity contribution in [3.8, 4) is 0 Å². The maximum absolute atomic E-state index is 2.34. The van der Waals surface area contributed by atoms with E-state index < -0.39 is 0 Å². The first kappa shape index (κ1) is 12.3. The van der Waals surface area contributed by atoms with Crippen molar-refractivity contribution in [3.05, 3.63) is 0 Å². The summed E-state index contributed by atoms with van der Waals surface area (Å²) in [4.78, 5) is 0. The molecule has 0 bridgehead atoms. The van der Waals surface area contributed by atoms with E-state index in [4.69, 9.17) is 0 Å². The summed E-state index contributed by atoms with van der Waals surface area (Å²) in [6.07, 6.45) is 14.8. The average Bonchev–Trinajstić information content (AvgIpc) is 2.02. The molecular formula is C11H25S+. The van der Waals surface area contributed by atoms with Gasteiger partial charge in [0.05, 0.1) is 12.5 Å². The van der Waals surface area contributed by atoms with Gasteiger partial charge < -0.3 is 0 Å². The Hall–Kier alpha value is 0.350. The van der Waals surface area contributed by atoms with Crippen LogP contribution in [0.15, 0.2) is 0 Å². The molecule has 0 amide bonds. The lowest BCUT2D eigenvalue weighted by atomic mass is 10.1. The highest BCUT2D eigenvalue weighted by Crippen LogP contribution is 2.07. The molecule has 1 heteroatoms. The van der Waals surface area contributed by atoms with Crippen LogP contribution in [0.5, 0.6) is 0 Å². The van der Waals surface area contributed by atoms with Crippen molar-refractivity contribution in [2.75, 3.05) is 18.3 Å². The van der Waals surface area contributed by atoms with E-state index in [-0.39, 0.29) is 0 Å². The van der Waals surface area contributed by atoms with Gasteiger partial charge in [0.1, 0.15) is 5.75 Å². The van der Waals surface area contributed by atoms with E-state index >= 15 is 0 Å². The first-order chi connectivity index (χ1) is 5.77. The summed E-state index contributed by atoms with van der Waals surface area (Å²) in [6, 6.07) is 0. The van der Waals surface area contributed by atoms with Gasteiger partial charge in [0.15, 0.2) is 0 Å². The Bertz CT molecular complexity index is 79.1. The topological polar surface area (TPSA) is 0 Å². The second-order valence-electron chi connectivity index (χ2n) is 3.81. The summed E-state index contributed by atoms with van der Waals surface area (Å²) in [5.41, 5.74) is 0. The molecule has 0 nitrogen and oxygen atoms in total. The third-order valence-electron chi connectivity index (χ3n) is 2.16. The molecule has 0 aromatic carbocycles. The third-order valence-corrected chi connectivity index (χ3v) is 3.26. The highest BCUT2D eigenvalue weighted by molar-refractivity contribution is 7.95. The zero-order chi connectivity index (χ0) is 9.23.